The van der Waals surface area contributed by atoms with Crippen molar-refractivity contribution < 1.29 is 23.9 Å². The van der Waals surface area contributed by atoms with E-state index in [0.29, 0.717) is 13.0 Å². The molecule has 100 valence electrons. The highest BCUT2D eigenvalue weighted by Crippen LogP contribution is 2.28. The van der Waals surface area contributed by atoms with Gasteiger partial charge in [-0.05, 0) is 20.8 Å². The molecule has 2 heterocycles. The number of likely N-dealkylation sites (tertiary alicyclic amines) is 1. The Balaban J connectivity index is 2.03. The fourth-order valence-corrected chi connectivity index (χ4v) is 2.01. The first-order valence-electron chi connectivity index (χ1n) is 5.74. The van der Waals surface area contributed by atoms with Gasteiger partial charge in [0.05, 0.1) is 6.54 Å². The van der Waals surface area contributed by atoms with E-state index in [-0.39, 0.29) is 6.54 Å². The minimum atomic E-state index is -1.09. The second-order valence-electron chi connectivity index (χ2n) is 5.54. The standard InChI is InChI=1S/C11H16N2O5/c1-10(2,3)18-9(16)13-5-4-11(6-13)7(14)17-8(15)12-11/h4-6H2,1-3H3,(H,12,15). The van der Waals surface area contributed by atoms with Gasteiger partial charge in [-0.2, -0.15) is 0 Å². The van der Waals surface area contributed by atoms with E-state index in [1.165, 1.54) is 4.90 Å². The Morgan fingerprint density at radius 1 is 1.44 bits per heavy atom. The van der Waals surface area contributed by atoms with Crippen LogP contribution >= 0.6 is 0 Å². The van der Waals surface area contributed by atoms with Gasteiger partial charge >= 0.3 is 18.2 Å². The maximum absolute atomic E-state index is 11.8. The van der Waals surface area contributed by atoms with E-state index < -0.39 is 29.3 Å². The zero-order valence-electron chi connectivity index (χ0n) is 10.6. The molecule has 0 aromatic rings. The third kappa shape index (κ3) is 2.25. The third-order valence-corrected chi connectivity index (χ3v) is 2.84. The van der Waals surface area contributed by atoms with E-state index in [9.17, 15) is 14.4 Å². The molecule has 18 heavy (non-hydrogen) atoms. The highest BCUT2D eigenvalue weighted by Gasteiger charge is 2.54. The summed E-state index contributed by atoms with van der Waals surface area (Å²) in [5.41, 5.74) is -1.68. The number of ether oxygens (including phenoxy) is 2. The molecule has 1 atom stereocenters. The van der Waals surface area contributed by atoms with E-state index in [0.717, 1.165) is 0 Å². The Bertz CT molecular complexity index is 414. The van der Waals surface area contributed by atoms with Crippen LogP contribution < -0.4 is 5.32 Å². The fraction of sp³-hybridized carbons (Fsp3) is 0.727. The summed E-state index contributed by atoms with van der Waals surface area (Å²) in [4.78, 5) is 35.8. The van der Waals surface area contributed by atoms with E-state index in [1.807, 2.05) is 0 Å². The lowest BCUT2D eigenvalue weighted by atomic mass is 10.0. The van der Waals surface area contributed by atoms with Crippen molar-refractivity contribution in [2.75, 3.05) is 13.1 Å². The van der Waals surface area contributed by atoms with Crippen LogP contribution in [0.15, 0.2) is 0 Å². The molecule has 0 saturated carbocycles. The number of nitrogens with one attached hydrogen (secondary N) is 1. The van der Waals surface area contributed by atoms with Crippen molar-refractivity contribution in [3.05, 3.63) is 0 Å². The lowest BCUT2D eigenvalue weighted by molar-refractivity contribution is -0.138. The fourth-order valence-electron chi connectivity index (χ4n) is 2.01. The number of esters is 1. The van der Waals surface area contributed by atoms with E-state index >= 15 is 0 Å². The number of hydrogen-bond donors (Lipinski definition) is 1. The second-order valence-corrected chi connectivity index (χ2v) is 5.54. The number of cyclic esters (lactones) is 2. The molecule has 7 nitrogen and oxygen atoms in total. The molecular weight excluding hydrogens is 240 g/mol. The molecule has 0 bridgehead atoms. The molecule has 2 aliphatic heterocycles. The van der Waals surface area contributed by atoms with Crippen molar-refractivity contribution in [2.24, 2.45) is 0 Å². The molecule has 0 aliphatic carbocycles. The maximum atomic E-state index is 11.8. The van der Waals surface area contributed by atoms with Crippen molar-refractivity contribution in [1.82, 2.24) is 10.2 Å². The number of rotatable bonds is 0. The molecule has 7 heteroatoms. The molecule has 2 amide bonds. The summed E-state index contributed by atoms with van der Waals surface area (Å²) < 4.78 is 9.67. The molecular formula is C11H16N2O5. The summed E-state index contributed by atoms with van der Waals surface area (Å²) in [6.07, 6.45) is -0.907. The molecule has 2 fully saturated rings. The number of hydrogen-bond acceptors (Lipinski definition) is 5. The van der Waals surface area contributed by atoms with E-state index in [4.69, 9.17) is 4.74 Å². The minimum absolute atomic E-state index is 0.0898. The number of alkyl carbamates (subject to hydrolysis) is 1. The normalized spacial score (nSPS) is 27.4. The van der Waals surface area contributed by atoms with Gasteiger partial charge in [-0.25, -0.2) is 14.4 Å². The lowest BCUT2D eigenvalue weighted by Gasteiger charge is -2.25. The average molecular weight is 256 g/mol. The first-order chi connectivity index (χ1) is 8.22. The topological polar surface area (TPSA) is 84.9 Å². The summed E-state index contributed by atoms with van der Waals surface area (Å²) in [7, 11) is 0. The summed E-state index contributed by atoms with van der Waals surface area (Å²) in [6, 6.07) is 0. The van der Waals surface area contributed by atoms with Gasteiger partial charge in [0.15, 0.2) is 5.54 Å². The van der Waals surface area contributed by atoms with Crippen LogP contribution in [0.25, 0.3) is 0 Å². The van der Waals surface area contributed by atoms with E-state index in [1.54, 1.807) is 20.8 Å². The van der Waals surface area contributed by atoms with Crippen molar-refractivity contribution in [2.45, 2.75) is 38.3 Å². The Labute approximate surface area is 104 Å². The first-order valence-corrected chi connectivity index (χ1v) is 5.74. The van der Waals surface area contributed by atoms with Gasteiger partial charge in [0.1, 0.15) is 5.60 Å². The van der Waals surface area contributed by atoms with Gasteiger partial charge in [0, 0.05) is 13.0 Å². The van der Waals surface area contributed by atoms with Crippen LogP contribution in [0.3, 0.4) is 0 Å². The van der Waals surface area contributed by atoms with Gasteiger partial charge < -0.3 is 19.7 Å². The van der Waals surface area contributed by atoms with Crippen LogP contribution in [0, 0.1) is 0 Å². The largest absolute Gasteiger partial charge is 0.444 e. The van der Waals surface area contributed by atoms with Crippen LogP contribution in [0.1, 0.15) is 27.2 Å². The van der Waals surface area contributed by atoms with Crippen molar-refractivity contribution in [3.8, 4) is 0 Å². The quantitative estimate of drug-likeness (QED) is 0.507. The highest BCUT2D eigenvalue weighted by molar-refractivity contribution is 5.99. The van der Waals surface area contributed by atoms with Crippen LogP contribution in [0.5, 0.6) is 0 Å². The zero-order chi connectivity index (χ0) is 13.6. The van der Waals surface area contributed by atoms with Gasteiger partial charge in [-0.15, -0.1) is 0 Å². The number of nitrogens with zero attached hydrogens (tertiary/aromatic N) is 1. The number of amides is 2. The average Bonchev–Trinajstić information content (AvgIpc) is 2.70. The van der Waals surface area contributed by atoms with Crippen molar-refractivity contribution >= 4 is 18.2 Å². The van der Waals surface area contributed by atoms with Gasteiger partial charge in [0.25, 0.3) is 0 Å². The monoisotopic (exact) mass is 256 g/mol. The summed E-state index contributed by atoms with van der Waals surface area (Å²) >= 11 is 0. The Hall–Kier alpha value is -1.79. The summed E-state index contributed by atoms with van der Waals surface area (Å²) in [5.74, 6) is -0.626. The molecule has 0 aromatic carbocycles. The van der Waals surface area contributed by atoms with Crippen molar-refractivity contribution in [3.63, 3.8) is 0 Å². The van der Waals surface area contributed by atoms with Gasteiger partial charge in [-0.1, -0.05) is 0 Å². The molecule has 2 aliphatic rings. The smallest absolute Gasteiger partial charge is 0.415 e. The van der Waals surface area contributed by atoms with Crippen LogP contribution in [0.2, 0.25) is 0 Å². The minimum Gasteiger partial charge on any atom is -0.444 e. The summed E-state index contributed by atoms with van der Waals surface area (Å²) in [5, 5.41) is 2.47. The molecule has 2 rings (SSSR count). The SMILES string of the molecule is CC(C)(C)OC(=O)N1CCC2(C1)NC(=O)OC2=O. The van der Waals surface area contributed by atoms with Crippen LogP contribution in [-0.2, 0) is 14.3 Å². The zero-order valence-corrected chi connectivity index (χ0v) is 10.6. The van der Waals surface area contributed by atoms with E-state index in [2.05, 4.69) is 10.1 Å². The predicted molar refractivity (Wildman–Crippen MR) is 59.8 cm³/mol. The molecule has 1 N–H and O–H groups in total. The highest BCUT2D eigenvalue weighted by atomic mass is 16.6. The molecule has 0 radical (unpaired) electrons. The predicted octanol–water partition coefficient (Wildman–Crippen LogP) is 0.632. The van der Waals surface area contributed by atoms with Gasteiger partial charge in [0.2, 0.25) is 0 Å². The first kappa shape index (κ1) is 12.7. The second kappa shape index (κ2) is 3.86. The summed E-state index contributed by atoms with van der Waals surface area (Å²) in [6.45, 7) is 5.74. The lowest BCUT2D eigenvalue weighted by Crippen LogP contribution is -2.49. The molecule has 1 spiro atoms. The number of carbonyl (C=O) groups is 3. The molecule has 1 unspecified atom stereocenters. The Morgan fingerprint density at radius 3 is 2.61 bits per heavy atom. The Kier molecular flexibility index (Phi) is 2.71. The maximum Gasteiger partial charge on any atom is 0.415 e. The Morgan fingerprint density at radius 2 is 2.11 bits per heavy atom. The van der Waals surface area contributed by atoms with Gasteiger partial charge in [-0.3, -0.25) is 0 Å². The number of carbonyl (C=O) groups excluding carboxylic acids is 3. The molecule has 0 aromatic heterocycles. The molecule has 2 saturated heterocycles. The van der Waals surface area contributed by atoms with Crippen LogP contribution in [0.4, 0.5) is 9.59 Å². The third-order valence-electron chi connectivity index (χ3n) is 2.84. The van der Waals surface area contributed by atoms with Crippen molar-refractivity contribution in [1.29, 1.82) is 0 Å². The van der Waals surface area contributed by atoms with Crippen LogP contribution in [-0.4, -0.2) is 47.3 Å².